The maximum atomic E-state index is 11.6. The van der Waals surface area contributed by atoms with E-state index in [2.05, 4.69) is 0 Å². The van der Waals surface area contributed by atoms with Crippen LogP contribution in [0.25, 0.3) is 6.08 Å². The molecule has 1 aromatic carbocycles. The zero-order valence-corrected chi connectivity index (χ0v) is 12.1. The van der Waals surface area contributed by atoms with Gasteiger partial charge in [0.05, 0.1) is 6.61 Å². The Morgan fingerprint density at radius 2 is 1.96 bits per heavy atom. The van der Waals surface area contributed by atoms with Gasteiger partial charge in [0.1, 0.15) is 31.0 Å². The molecular weight excluding hydrogens is 308 g/mol. The molecule has 2 rings (SSSR count). The average Bonchev–Trinajstić information content (AvgIpc) is 2.53. The lowest BCUT2D eigenvalue weighted by molar-refractivity contribution is -0.200. The summed E-state index contributed by atoms with van der Waals surface area (Å²) in [6, 6.07) is 4.04. The van der Waals surface area contributed by atoms with Gasteiger partial charge in [0, 0.05) is 6.08 Å². The maximum Gasteiger partial charge on any atom is 0.330 e. The van der Waals surface area contributed by atoms with E-state index >= 15 is 0 Å². The van der Waals surface area contributed by atoms with E-state index in [4.69, 9.17) is 9.47 Å². The number of phenolic OH excluding ortho intramolecular Hbond substituents is 2. The van der Waals surface area contributed by atoms with Crippen LogP contribution in [0.15, 0.2) is 24.3 Å². The second kappa shape index (κ2) is 7.42. The van der Waals surface area contributed by atoms with Crippen molar-refractivity contribution in [3.05, 3.63) is 29.8 Å². The Kier molecular flexibility index (Phi) is 5.56. The normalized spacial score (nSPS) is 28.0. The molecule has 4 atom stereocenters. The van der Waals surface area contributed by atoms with Crippen LogP contribution in [0, 0.1) is 0 Å². The number of carbonyl (C=O) groups is 1. The summed E-state index contributed by atoms with van der Waals surface area (Å²) >= 11 is 0. The van der Waals surface area contributed by atoms with Gasteiger partial charge >= 0.3 is 5.97 Å². The first-order chi connectivity index (χ1) is 10.9. The monoisotopic (exact) mass is 326 g/mol. The SMILES string of the molecule is O=C(/C=C/c1ccc(O)c(O)c1)OCC1OCC(O)C(O)[C@@H]1O. The quantitative estimate of drug-likeness (QED) is 0.274. The van der Waals surface area contributed by atoms with E-state index in [-0.39, 0.29) is 24.7 Å². The Bertz CT molecular complexity index is 585. The molecule has 1 fully saturated rings. The van der Waals surface area contributed by atoms with Crippen LogP contribution in [-0.4, -0.2) is 69.1 Å². The van der Waals surface area contributed by atoms with Crippen molar-refractivity contribution in [3.8, 4) is 11.5 Å². The van der Waals surface area contributed by atoms with Crippen molar-refractivity contribution >= 4 is 12.0 Å². The predicted molar refractivity (Wildman–Crippen MR) is 77.5 cm³/mol. The number of benzene rings is 1. The summed E-state index contributed by atoms with van der Waals surface area (Å²) in [7, 11) is 0. The van der Waals surface area contributed by atoms with Crippen LogP contribution < -0.4 is 0 Å². The topological polar surface area (TPSA) is 137 Å². The minimum Gasteiger partial charge on any atom is -0.504 e. The van der Waals surface area contributed by atoms with Gasteiger partial charge in [0.15, 0.2) is 11.5 Å². The Labute approximate surface area is 131 Å². The third-order valence-corrected chi connectivity index (χ3v) is 3.41. The lowest BCUT2D eigenvalue weighted by Crippen LogP contribution is -2.54. The highest BCUT2D eigenvalue weighted by atomic mass is 16.6. The van der Waals surface area contributed by atoms with Gasteiger partial charge in [-0.2, -0.15) is 0 Å². The third-order valence-electron chi connectivity index (χ3n) is 3.41. The van der Waals surface area contributed by atoms with Crippen molar-refractivity contribution in [1.29, 1.82) is 0 Å². The predicted octanol–water partition coefficient (Wildman–Crippen LogP) is -0.864. The minimum absolute atomic E-state index is 0.164. The third kappa shape index (κ3) is 4.42. The molecular formula is C15H18O8. The largest absolute Gasteiger partial charge is 0.504 e. The summed E-state index contributed by atoms with van der Waals surface area (Å²) in [4.78, 5) is 11.6. The van der Waals surface area contributed by atoms with E-state index in [1.165, 1.54) is 24.3 Å². The van der Waals surface area contributed by atoms with Gasteiger partial charge in [-0.25, -0.2) is 4.79 Å². The fourth-order valence-corrected chi connectivity index (χ4v) is 2.03. The number of rotatable bonds is 4. The number of hydrogen-bond acceptors (Lipinski definition) is 8. The number of aromatic hydroxyl groups is 2. The summed E-state index contributed by atoms with van der Waals surface area (Å²) in [5.74, 6) is -1.30. The Hall–Kier alpha value is -2.13. The zero-order valence-electron chi connectivity index (χ0n) is 12.1. The molecule has 8 nitrogen and oxygen atoms in total. The Morgan fingerprint density at radius 3 is 2.65 bits per heavy atom. The summed E-state index contributed by atoms with van der Waals surface area (Å²) in [5.41, 5.74) is 0.477. The van der Waals surface area contributed by atoms with E-state index in [0.29, 0.717) is 5.56 Å². The van der Waals surface area contributed by atoms with Crippen molar-refractivity contribution in [2.24, 2.45) is 0 Å². The van der Waals surface area contributed by atoms with Crippen LogP contribution in [0.2, 0.25) is 0 Å². The highest BCUT2D eigenvalue weighted by Gasteiger charge is 2.37. The molecule has 1 aliphatic heterocycles. The molecule has 1 saturated heterocycles. The van der Waals surface area contributed by atoms with E-state index in [1.54, 1.807) is 0 Å². The number of ether oxygens (including phenoxy) is 2. The van der Waals surface area contributed by atoms with Gasteiger partial charge in [0.2, 0.25) is 0 Å². The maximum absolute atomic E-state index is 11.6. The highest BCUT2D eigenvalue weighted by Crippen LogP contribution is 2.25. The first-order valence-electron chi connectivity index (χ1n) is 6.91. The van der Waals surface area contributed by atoms with Crippen LogP contribution >= 0.6 is 0 Å². The second-order valence-electron chi connectivity index (χ2n) is 5.13. The molecule has 126 valence electrons. The molecule has 1 aromatic rings. The molecule has 1 heterocycles. The van der Waals surface area contributed by atoms with Crippen molar-refractivity contribution in [1.82, 2.24) is 0 Å². The standard InChI is InChI=1S/C15H18O8/c16-9-3-1-8(5-10(9)17)2-4-13(19)23-7-12-15(21)14(20)11(18)6-22-12/h1-5,11-12,14-18,20-21H,6-7H2/b4-2+/t11?,12?,14?,15-/m1/s1. The smallest absolute Gasteiger partial charge is 0.330 e. The first kappa shape index (κ1) is 17.2. The number of aliphatic hydroxyl groups is 3. The average molecular weight is 326 g/mol. The van der Waals surface area contributed by atoms with Crippen LogP contribution in [0.4, 0.5) is 0 Å². The first-order valence-corrected chi connectivity index (χ1v) is 6.91. The molecule has 8 heteroatoms. The highest BCUT2D eigenvalue weighted by molar-refractivity contribution is 5.87. The van der Waals surface area contributed by atoms with E-state index in [9.17, 15) is 30.3 Å². The molecule has 0 aromatic heterocycles. The van der Waals surface area contributed by atoms with E-state index < -0.39 is 30.4 Å². The fourth-order valence-electron chi connectivity index (χ4n) is 2.03. The Balaban J connectivity index is 1.85. The van der Waals surface area contributed by atoms with Gasteiger partial charge in [-0.15, -0.1) is 0 Å². The van der Waals surface area contributed by atoms with E-state index in [1.807, 2.05) is 0 Å². The molecule has 23 heavy (non-hydrogen) atoms. The van der Waals surface area contributed by atoms with Crippen LogP contribution in [0.1, 0.15) is 5.56 Å². The zero-order chi connectivity index (χ0) is 17.0. The number of hydrogen-bond donors (Lipinski definition) is 5. The van der Waals surface area contributed by atoms with Crippen LogP contribution in [0.3, 0.4) is 0 Å². The fraction of sp³-hybridized carbons (Fsp3) is 0.400. The van der Waals surface area contributed by atoms with Crippen molar-refractivity contribution in [2.45, 2.75) is 24.4 Å². The lowest BCUT2D eigenvalue weighted by Gasteiger charge is -2.34. The molecule has 0 amide bonds. The van der Waals surface area contributed by atoms with Gasteiger partial charge < -0.3 is 35.0 Å². The van der Waals surface area contributed by atoms with E-state index in [0.717, 1.165) is 6.08 Å². The molecule has 0 aliphatic carbocycles. The van der Waals surface area contributed by atoms with Gasteiger partial charge in [0.25, 0.3) is 0 Å². The molecule has 0 radical (unpaired) electrons. The number of carbonyl (C=O) groups excluding carboxylic acids is 1. The van der Waals surface area contributed by atoms with Crippen LogP contribution in [0.5, 0.6) is 11.5 Å². The summed E-state index contributed by atoms with van der Waals surface area (Å²) in [6.07, 6.45) is -2.35. The van der Waals surface area contributed by atoms with Crippen molar-refractivity contribution in [3.63, 3.8) is 0 Å². The van der Waals surface area contributed by atoms with Gasteiger partial charge in [-0.1, -0.05) is 6.07 Å². The van der Waals surface area contributed by atoms with Gasteiger partial charge in [-0.3, -0.25) is 0 Å². The molecule has 0 spiro atoms. The molecule has 0 bridgehead atoms. The molecule has 5 N–H and O–H groups in total. The minimum atomic E-state index is -1.36. The van der Waals surface area contributed by atoms with Gasteiger partial charge in [-0.05, 0) is 23.8 Å². The number of phenols is 2. The van der Waals surface area contributed by atoms with Crippen LogP contribution in [-0.2, 0) is 14.3 Å². The Morgan fingerprint density at radius 1 is 1.22 bits per heavy atom. The summed E-state index contributed by atoms with van der Waals surface area (Å²) < 4.78 is 9.99. The summed E-state index contributed by atoms with van der Waals surface area (Å²) in [6.45, 7) is -0.446. The number of esters is 1. The molecule has 1 aliphatic rings. The van der Waals surface area contributed by atoms with Crippen molar-refractivity contribution in [2.75, 3.05) is 13.2 Å². The summed E-state index contributed by atoms with van der Waals surface area (Å²) in [5, 5.41) is 47.0. The number of aliphatic hydroxyl groups excluding tert-OH is 3. The molecule has 0 saturated carbocycles. The molecule has 3 unspecified atom stereocenters. The lowest BCUT2D eigenvalue weighted by atomic mass is 10.0. The van der Waals surface area contributed by atoms with Crippen molar-refractivity contribution < 1.29 is 39.8 Å². The second-order valence-corrected chi connectivity index (χ2v) is 5.13.